The molecule has 0 saturated heterocycles. The Labute approximate surface area is 89.6 Å². The first-order valence-corrected chi connectivity index (χ1v) is 5.00. The fourth-order valence-corrected chi connectivity index (χ4v) is 1.28. The predicted molar refractivity (Wildman–Crippen MR) is 56.5 cm³/mol. The van der Waals surface area contributed by atoms with Gasteiger partial charge in [0, 0.05) is 6.54 Å². The predicted octanol–water partition coefficient (Wildman–Crippen LogP) is 1.80. The lowest BCUT2D eigenvalue weighted by Crippen LogP contribution is -2.22. The molecule has 1 N–H and O–H groups in total. The lowest BCUT2D eigenvalue weighted by atomic mass is 10.2. The minimum atomic E-state index is -0.203. The summed E-state index contributed by atoms with van der Waals surface area (Å²) in [5, 5.41) is 3.18. The second-order valence-corrected chi connectivity index (χ2v) is 3.45. The van der Waals surface area contributed by atoms with Gasteiger partial charge in [0.25, 0.3) is 0 Å². The van der Waals surface area contributed by atoms with Crippen molar-refractivity contribution >= 4 is 5.97 Å². The fourth-order valence-electron chi connectivity index (χ4n) is 1.28. The van der Waals surface area contributed by atoms with Gasteiger partial charge in [0.1, 0.15) is 11.5 Å². The minimum Gasteiger partial charge on any atom is -0.469 e. The first-order valence-electron chi connectivity index (χ1n) is 5.00. The van der Waals surface area contributed by atoms with Gasteiger partial charge in [-0.15, -0.1) is 0 Å². The molecule has 4 nitrogen and oxygen atoms in total. The van der Waals surface area contributed by atoms with Gasteiger partial charge in [-0.3, -0.25) is 4.79 Å². The van der Waals surface area contributed by atoms with Crippen LogP contribution in [0.1, 0.15) is 30.9 Å². The molecule has 0 radical (unpaired) electrons. The summed E-state index contributed by atoms with van der Waals surface area (Å²) in [5.74, 6) is 1.58. The van der Waals surface area contributed by atoms with E-state index in [1.54, 1.807) is 0 Å². The average molecular weight is 211 g/mol. The van der Waals surface area contributed by atoms with Crippen molar-refractivity contribution < 1.29 is 13.9 Å². The number of nitrogens with one attached hydrogen (secondary N) is 1. The Bertz CT molecular complexity index is 319. The zero-order valence-corrected chi connectivity index (χ0v) is 9.37. The molecule has 0 aromatic carbocycles. The van der Waals surface area contributed by atoms with E-state index < -0.39 is 0 Å². The van der Waals surface area contributed by atoms with Crippen LogP contribution in [-0.4, -0.2) is 19.6 Å². The lowest BCUT2D eigenvalue weighted by Gasteiger charge is -2.10. The maximum absolute atomic E-state index is 10.8. The maximum Gasteiger partial charge on any atom is 0.306 e. The van der Waals surface area contributed by atoms with Crippen molar-refractivity contribution in [2.75, 3.05) is 13.7 Å². The third-order valence-electron chi connectivity index (χ3n) is 2.20. The summed E-state index contributed by atoms with van der Waals surface area (Å²) < 4.78 is 9.99. The van der Waals surface area contributed by atoms with E-state index >= 15 is 0 Å². The van der Waals surface area contributed by atoms with Crippen LogP contribution in [0.5, 0.6) is 0 Å². The van der Waals surface area contributed by atoms with E-state index in [9.17, 15) is 4.79 Å². The van der Waals surface area contributed by atoms with E-state index in [0.29, 0.717) is 13.0 Å². The van der Waals surface area contributed by atoms with Gasteiger partial charge in [-0.25, -0.2) is 0 Å². The largest absolute Gasteiger partial charge is 0.469 e. The highest BCUT2D eigenvalue weighted by Crippen LogP contribution is 2.15. The molecule has 0 amide bonds. The Kier molecular flexibility index (Phi) is 4.37. The molecule has 0 bridgehead atoms. The van der Waals surface area contributed by atoms with Crippen LogP contribution in [0.4, 0.5) is 0 Å². The normalized spacial score (nSPS) is 12.5. The zero-order valence-electron chi connectivity index (χ0n) is 9.37. The molecule has 1 heterocycles. The molecule has 0 spiro atoms. The number of methoxy groups -OCH3 is 1. The van der Waals surface area contributed by atoms with Crippen molar-refractivity contribution in [2.45, 2.75) is 26.3 Å². The average Bonchev–Trinajstić information content (AvgIpc) is 2.64. The molecule has 1 rings (SSSR count). The number of hydrogen-bond acceptors (Lipinski definition) is 4. The van der Waals surface area contributed by atoms with Crippen molar-refractivity contribution in [3.05, 3.63) is 23.7 Å². The van der Waals surface area contributed by atoms with E-state index in [1.165, 1.54) is 7.11 Å². The van der Waals surface area contributed by atoms with Crippen LogP contribution in [0, 0.1) is 6.92 Å². The van der Waals surface area contributed by atoms with Crippen LogP contribution in [0.3, 0.4) is 0 Å². The van der Waals surface area contributed by atoms with Crippen LogP contribution >= 0.6 is 0 Å². The van der Waals surface area contributed by atoms with Gasteiger partial charge in [-0.1, -0.05) is 0 Å². The van der Waals surface area contributed by atoms with E-state index in [2.05, 4.69) is 10.1 Å². The molecule has 1 aromatic rings. The smallest absolute Gasteiger partial charge is 0.306 e. The Morgan fingerprint density at radius 1 is 1.60 bits per heavy atom. The number of esters is 1. The van der Waals surface area contributed by atoms with Crippen molar-refractivity contribution in [2.24, 2.45) is 0 Å². The highest BCUT2D eigenvalue weighted by atomic mass is 16.5. The Balaban J connectivity index is 2.30. The van der Waals surface area contributed by atoms with Gasteiger partial charge >= 0.3 is 5.97 Å². The van der Waals surface area contributed by atoms with Crippen molar-refractivity contribution in [3.8, 4) is 0 Å². The van der Waals surface area contributed by atoms with Crippen molar-refractivity contribution in [1.29, 1.82) is 0 Å². The summed E-state index contributed by atoms with van der Waals surface area (Å²) in [5.41, 5.74) is 0. The lowest BCUT2D eigenvalue weighted by molar-refractivity contribution is -0.140. The molecule has 0 fully saturated rings. The minimum absolute atomic E-state index is 0.114. The van der Waals surface area contributed by atoms with Crippen molar-refractivity contribution in [1.82, 2.24) is 5.32 Å². The topological polar surface area (TPSA) is 51.5 Å². The van der Waals surface area contributed by atoms with Crippen LogP contribution in [0.15, 0.2) is 16.5 Å². The number of rotatable bonds is 5. The molecular formula is C11H17NO3. The summed E-state index contributed by atoms with van der Waals surface area (Å²) in [6, 6.07) is 3.97. The monoisotopic (exact) mass is 211 g/mol. The molecule has 84 valence electrons. The Hall–Kier alpha value is -1.29. The Morgan fingerprint density at radius 3 is 2.87 bits per heavy atom. The molecular weight excluding hydrogens is 194 g/mol. The van der Waals surface area contributed by atoms with E-state index in [-0.39, 0.29) is 12.0 Å². The zero-order chi connectivity index (χ0) is 11.3. The summed E-state index contributed by atoms with van der Waals surface area (Å²) in [4.78, 5) is 10.8. The molecule has 1 atom stereocenters. The summed E-state index contributed by atoms with van der Waals surface area (Å²) >= 11 is 0. The second kappa shape index (κ2) is 5.56. The molecule has 0 aliphatic heterocycles. The maximum atomic E-state index is 10.8. The van der Waals surface area contributed by atoms with Gasteiger partial charge in [0.05, 0.1) is 19.6 Å². The van der Waals surface area contributed by atoms with Crippen LogP contribution in [-0.2, 0) is 9.53 Å². The fraction of sp³-hybridized carbons (Fsp3) is 0.545. The van der Waals surface area contributed by atoms with Gasteiger partial charge in [-0.05, 0) is 26.0 Å². The number of carbonyl (C=O) groups is 1. The quantitative estimate of drug-likeness (QED) is 0.754. The van der Waals surface area contributed by atoms with E-state index in [1.807, 2.05) is 26.0 Å². The van der Waals surface area contributed by atoms with E-state index in [0.717, 1.165) is 11.5 Å². The standard InChI is InChI=1S/C11H17NO3/c1-8-4-5-10(15-8)9(2)12-7-6-11(13)14-3/h4-5,9,12H,6-7H2,1-3H3. The highest BCUT2D eigenvalue weighted by molar-refractivity contribution is 5.69. The van der Waals surface area contributed by atoms with Crippen LogP contribution in [0.25, 0.3) is 0 Å². The third-order valence-corrected chi connectivity index (χ3v) is 2.20. The van der Waals surface area contributed by atoms with Crippen molar-refractivity contribution in [3.63, 3.8) is 0 Å². The second-order valence-electron chi connectivity index (χ2n) is 3.45. The number of ether oxygens (including phenoxy) is 1. The molecule has 1 aromatic heterocycles. The molecule has 1 unspecified atom stereocenters. The highest BCUT2D eigenvalue weighted by Gasteiger charge is 2.09. The third kappa shape index (κ3) is 3.75. The van der Waals surface area contributed by atoms with Crippen LogP contribution in [0.2, 0.25) is 0 Å². The first kappa shape index (κ1) is 11.8. The van der Waals surface area contributed by atoms with Gasteiger partial charge < -0.3 is 14.5 Å². The number of aryl methyl sites for hydroxylation is 1. The number of furan rings is 1. The SMILES string of the molecule is COC(=O)CCNC(C)c1ccc(C)o1. The summed E-state index contributed by atoms with van der Waals surface area (Å²) in [6.45, 7) is 4.49. The summed E-state index contributed by atoms with van der Waals surface area (Å²) in [7, 11) is 1.39. The molecule has 0 saturated carbocycles. The number of carbonyl (C=O) groups excluding carboxylic acids is 1. The van der Waals surface area contributed by atoms with Gasteiger partial charge in [0.15, 0.2) is 0 Å². The van der Waals surface area contributed by atoms with Crippen LogP contribution < -0.4 is 5.32 Å². The molecule has 15 heavy (non-hydrogen) atoms. The van der Waals surface area contributed by atoms with E-state index in [4.69, 9.17) is 4.42 Å². The van der Waals surface area contributed by atoms with Gasteiger partial charge in [0.2, 0.25) is 0 Å². The molecule has 0 aliphatic rings. The first-order chi connectivity index (χ1) is 7.13. The van der Waals surface area contributed by atoms with Gasteiger partial charge in [-0.2, -0.15) is 0 Å². The molecule has 4 heteroatoms. The summed E-state index contributed by atoms with van der Waals surface area (Å²) in [6.07, 6.45) is 0.376. The number of hydrogen-bond donors (Lipinski definition) is 1. The molecule has 0 aliphatic carbocycles. The Morgan fingerprint density at radius 2 is 2.33 bits per heavy atom.